The van der Waals surface area contributed by atoms with Crippen molar-refractivity contribution in [1.82, 2.24) is 14.6 Å². The SMILES string of the molecule is CCOc1ccc(-c2cc3c(=S)[nH]ccn3n2)cc1. The summed E-state index contributed by atoms with van der Waals surface area (Å²) in [6.07, 6.45) is 3.63. The Balaban J connectivity index is 2.04. The third-order valence-corrected chi connectivity index (χ3v) is 3.19. The summed E-state index contributed by atoms with van der Waals surface area (Å²) < 4.78 is 7.90. The molecule has 3 aromatic rings. The molecule has 2 aromatic heterocycles. The van der Waals surface area contributed by atoms with Gasteiger partial charge in [-0.2, -0.15) is 5.10 Å². The van der Waals surface area contributed by atoms with E-state index in [1.807, 2.05) is 43.5 Å². The Bertz CT molecular complexity index is 758. The third-order valence-electron chi connectivity index (χ3n) is 2.86. The van der Waals surface area contributed by atoms with Crippen molar-refractivity contribution in [3.8, 4) is 17.0 Å². The zero-order valence-corrected chi connectivity index (χ0v) is 11.3. The molecule has 0 aliphatic heterocycles. The molecule has 0 saturated heterocycles. The van der Waals surface area contributed by atoms with Gasteiger partial charge in [-0.25, -0.2) is 4.52 Å². The number of ether oxygens (including phenoxy) is 1. The number of benzene rings is 1. The van der Waals surface area contributed by atoms with Crippen molar-refractivity contribution in [1.29, 1.82) is 0 Å². The minimum absolute atomic E-state index is 0.670. The number of H-pyrrole nitrogens is 1. The van der Waals surface area contributed by atoms with E-state index in [4.69, 9.17) is 17.0 Å². The van der Waals surface area contributed by atoms with E-state index >= 15 is 0 Å². The Morgan fingerprint density at radius 1 is 1.32 bits per heavy atom. The lowest BCUT2D eigenvalue weighted by Crippen LogP contribution is -1.91. The van der Waals surface area contributed by atoms with Gasteiger partial charge < -0.3 is 9.72 Å². The normalized spacial score (nSPS) is 10.8. The molecule has 0 aliphatic rings. The molecule has 19 heavy (non-hydrogen) atoms. The van der Waals surface area contributed by atoms with Gasteiger partial charge in [-0.3, -0.25) is 0 Å². The fraction of sp³-hybridized carbons (Fsp3) is 0.143. The van der Waals surface area contributed by atoms with Crippen LogP contribution in [0.4, 0.5) is 0 Å². The van der Waals surface area contributed by atoms with Crippen molar-refractivity contribution in [2.24, 2.45) is 0 Å². The van der Waals surface area contributed by atoms with E-state index in [0.717, 1.165) is 22.5 Å². The second-order valence-electron chi connectivity index (χ2n) is 4.11. The van der Waals surface area contributed by atoms with Crippen molar-refractivity contribution >= 4 is 17.7 Å². The summed E-state index contributed by atoms with van der Waals surface area (Å²) in [5, 5.41) is 4.51. The van der Waals surface area contributed by atoms with Crippen LogP contribution in [0.5, 0.6) is 5.75 Å². The molecule has 96 valence electrons. The molecule has 0 bridgehead atoms. The van der Waals surface area contributed by atoms with E-state index < -0.39 is 0 Å². The van der Waals surface area contributed by atoms with Crippen LogP contribution in [0.25, 0.3) is 16.8 Å². The lowest BCUT2D eigenvalue weighted by atomic mass is 10.1. The summed E-state index contributed by atoms with van der Waals surface area (Å²) in [6, 6.07) is 9.88. The zero-order chi connectivity index (χ0) is 13.2. The molecule has 0 spiro atoms. The van der Waals surface area contributed by atoms with Crippen LogP contribution in [0.3, 0.4) is 0 Å². The number of hydrogen-bond acceptors (Lipinski definition) is 3. The van der Waals surface area contributed by atoms with Gasteiger partial charge >= 0.3 is 0 Å². The Morgan fingerprint density at radius 2 is 2.11 bits per heavy atom. The molecule has 0 unspecified atom stereocenters. The Kier molecular flexibility index (Phi) is 3.05. The monoisotopic (exact) mass is 271 g/mol. The lowest BCUT2D eigenvalue weighted by molar-refractivity contribution is 0.340. The molecule has 5 heteroatoms. The highest BCUT2D eigenvalue weighted by molar-refractivity contribution is 7.71. The van der Waals surface area contributed by atoms with Crippen molar-refractivity contribution in [2.75, 3.05) is 6.61 Å². The van der Waals surface area contributed by atoms with E-state index in [0.29, 0.717) is 11.2 Å². The van der Waals surface area contributed by atoms with Crippen molar-refractivity contribution in [2.45, 2.75) is 6.92 Å². The molecule has 0 radical (unpaired) electrons. The summed E-state index contributed by atoms with van der Waals surface area (Å²) in [5.74, 6) is 0.868. The molecule has 3 rings (SSSR count). The van der Waals surface area contributed by atoms with Crippen LogP contribution < -0.4 is 4.74 Å². The Hall–Kier alpha value is -2.14. The van der Waals surface area contributed by atoms with Crippen LogP contribution >= 0.6 is 12.2 Å². The summed E-state index contributed by atoms with van der Waals surface area (Å²) in [6.45, 7) is 2.64. The summed E-state index contributed by atoms with van der Waals surface area (Å²) >= 11 is 5.24. The van der Waals surface area contributed by atoms with E-state index in [1.165, 1.54) is 0 Å². The first-order chi connectivity index (χ1) is 9.28. The van der Waals surface area contributed by atoms with Crippen LogP contribution in [-0.2, 0) is 0 Å². The fourth-order valence-corrected chi connectivity index (χ4v) is 2.19. The van der Waals surface area contributed by atoms with Crippen LogP contribution in [0.1, 0.15) is 6.92 Å². The molecule has 0 atom stereocenters. The second-order valence-corrected chi connectivity index (χ2v) is 4.51. The van der Waals surface area contributed by atoms with Crippen molar-refractivity contribution < 1.29 is 4.74 Å². The van der Waals surface area contributed by atoms with Crippen LogP contribution in [0.2, 0.25) is 0 Å². The maximum atomic E-state index is 5.43. The van der Waals surface area contributed by atoms with Gasteiger partial charge in [-0.15, -0.1) is 0 Å². The standard InChI is InChI=1S/C14H13N3OS/c1-2-18-11-5-3-10(4-6-11)12-9-13-14(19)15-7-8-17(13)16-12/h3-9H,2H2,1H3,(H,15,19). The third kappa shape index (κ3) is 2.24. The first-order valence-electron chi connectivity index (χ1n) is 6.08. The molecule has 1 N–H and O–H groups in total. The Morgan fingerprint density at radius 3 is 2.79 bits per heavy atom. The smallest absolute Gasteiger partial charge is 0.129 e. The topological polar surface area (TPSA) is 42.3 Å². The molecule has 2 heterocycles. The number of hydrogen-bond donors (Lipinski definition) is 1. The number of aromatic amines is 1. The number of fused-ring (bicyclic) bond motifs is 1. The van der Waals surface area contributed by atoms with Gasteiger partial charge in [0.1, 0.15) is 15.9 Å². The molecule has 0 amide bonds. The average Bonchev–Trinajstić information content (AvgIpc) is 2.85. The molecule has 0 saturated carbocycles. The fourth-order valence-electron chi connectivity index (χ4n) is 1.96. The molecule has 1 aromatic carbocycles. The highest BCUT2D eigenvalue weighted by Gasteiger charge is 2.05. The predicted molar refractivity (Wildman–Crippen MR) is 77.0 cm³/mol. The summed E-state index contributed by atoms with van der Waals surface area (Å²) in [7, 11) is 0. The predicted octanol–water partition coefficient (Wildman–Crippen LogP) is 3.46. The van der Waals surface area contributed by atoms with E-state index in [9.17, 15) is 0 Å². The first-order valence-corrected chi connectivity index (χ1v) is 6.49. The van der Waals surface area contributed by atoms with E-state index in [1.54, 1.807) is 10.7 Å². The lowest BCUT2D eigenvalue weighted by Gasteiger charge is -2.02. The quantitative estimate of drug-likeness (QED) is 0.742. The number of nitrogens with zero attached hydrogens (tertiary/aromatic N) is 2. The largest absolute Gasteiger partial charge is 0.494 e. The van der Waals surface area contributed by atoms with Gasteiger partial charge in [-0.1, -0.05) is 12.2 Å². The van der Waals surface area contributed by atoms with Gasteiger partial charge in [0.25, 0.3) is 0 Å². The minimum atomic E-state index is 0.670. The molecular formula is C14H13N3OS. The maximum Gasteiger partial charge on any atom is 0.129 e. The minimum Gasteiger partial charge on any atom is -0.494 e. The van der Waals surface area contributed by atoms with Gasteiger partial charge in [-0.05, 0) is 37.3 Å². The van der Waals surface area contributed by atoms with Gasteiger partial charge in [0.15, 0.2) is 0 Å². The molecule has 4 nitrogen and oxygen atoms in total. The summed E-state index contributed by atoms with van der Waals surface area (Å²) in [4.78, 5) is 3.00. The zero-order valence-electron chi connectivity index (χ0n) is 10.5. The maximum absolute atomic E-state index is 5.43. The number of rotatable bonds is 3. The van der Waals surface area contributed by atoms with Crippen LogP contribution in [-0.4, -0.2) is 21.2 Å². The van der Waals surface area contributed by atoms with Gasteiger partial charge in [0.2, 0.25) is 0 Å². The molecular weight excluding hydrogens is 258 g/mol. The van der Waals surface area contributed by atoms with Crippen LogP contribution in [0.15, 0.2) is 42.7 Å². The van der Waals surface area contributed by atoms with E-state index in [-0.39, 0.29) is 0 Å². The highest BCUT2D eigenvalue weighted by Crippen LogP contribution is 2.22. The van der Waals surface area contributed by atoms with Crippen molar-refractivity contribution in [3.05, 3.63) is 47.4 Å². The Labute approximate surface area is 115 Å². The van der Waals surface area contributed by atoms with E-state index in [2.05, 4.69) is 10.1 Å². The summed E-state index contributed by atoms with van der Waals surface area (Å²) in [5.41, 5.74) is 2.84. The van der Waals surface area contributed by atoms with Crippen LogP contribution in [0, 0.1) is 4.64 Å². The van der Waals surface area contributed by atoms with Gasteiger partial charge in [0, 0.05) is 18.0 Å². The second kappa shape index (κ2) is 4.85. The average molecular weight is 271 g/mol. The van der Waals surface area contributed by atoms with Crippen molar-refractivity contribution in [3.63, 3.8) is 0 Å². The highest BCUT2D eigenvalue weighted by atomic mass is 32.1. The number of nitrogens with one attached hydrogen (secondary N) is 1. The van der Waals surface area contributed by atoms with Gasteiger partial charge in [0.05, 0.1) is 12.3 Å². The molecule has 0 aliphatic carbocycles. The number of aromatic nitrogens is 3. The molecule has 0 fully saturated rings. The first kappa shape index (κ1) is 11.9.